The zero-order valence-electron chi connectivity index (χ0n) is 10.9. The minimum atomic E-state index is -0.157. The number of fused-ring (bicyclic) bond motifs is 1. The summed E-state index contributed by atoms with van der Waals surface area (Å²) < 4.78 is 0. The Bertz CT molecular complexity index is 667. The van der Waals surface area contributed by atoms with Crippen LogP contribution in [0.2, 0.25) is 0 Å². The van der Waals surface area contributed by atoms with Crippen LogP contribution in [0.4, 0.5) is 11.6 Å². The van der Waals surface area contributed by atoms with E-state index in [0.29, 0.717) is 27.8 Å². The highest BCUT2D eigenvalue weighted by atomic mass is 32.2. The maximum absolute atomic E-state index is 12.0. The van der Waals surface area contributed by atoms with Crippen molar-refractivity contribution in [2.24, 2.45) is 0 Å². The fourth-order valence-corrected chi connectivity index (χ4v) is 4.72. The van der Waals surface area contributed by atoms with E-state index < -0.39 is 0 Å². The zero-order chi connectivity index (χ0) is 13.9. The first-order valence-corrected chi connectivity index (χ1v) is 8.65. The van der Waals surface area contributed by atoms with Gasteiger partial charge in [0.1, 0.15) is 0 Å². The van der Waals surface area contributed by atoms with Gasteiger partial charge in [-0.15, -0.1) is 0 Å². The van der Waals surface area contributed by atoms with Crippen LogP contribution in [0.5, 0.6) is 0 Å². The average molecular weight is 308 g/mol. The number of benzene rings is 1. The second-order valence-electron chi connectivity index (χ2n) is 4.64. The normalized spacial score (nSPS) is 19.1. The Morgan fingerprint density at radius 3 is 3.15 bits per heavy atom. The van der Waals surface area contributed by atoms with Crippen molar-refractivity contribution in [2.45, 2.75) is 5.25 Å². The Labute approximate surface area is 125 Å². The van der Waals surface area contributed by atoms with Gasteiger partial charge in [-0.2, -0.15) is 23.5 Å². The molecule has 0 saturated carbocycles. The highest BCUT2D eigenvalue weighted by Gasteiger charge is 2.14. The third-order valence-corrected chi connectivity index (χ3v) is 5.96. The number of hydrogen-bond acceptors (Lipinski definition) is 6. The number of hydrogen-bond donors (Lipinski definition) is 3. The van der Waals surface area contributed by atoms with Crippen LogP contribution in [0, 0.1) is 0 Å². The van der Waals surface area contributed by atoms with Crippen LogP contribution in [0.3, 0.4) is 0 Å². The molecule has 1 aromatic carbocycles. The third-order valence-electron chi connectivity index (χ3n) is 3.11. The van der Waals surface area contributed by atoms with Crippen LogP contribution in [0.1, 0.15) is 0 Å². The maximum Gasteiger partial charge on any atom is 0.260 e. The largest absolute Gasteiger partial charge is 0.399 e. The van der Waals surface area contributed by atoms with Crippen molar-refractivity contribution in [3.8, 4) is 0 Å². The average Bonchev–Trinajstić information content (AvgIpc) is 2.47. The lowest BCUT2D eigenvalue weighted by Gasteiger charge is -2.21. The minimum Gasteiger partial charge on any atom is -0.399 e. The maximum atomic E-state index is 12.0. The van der Waals surface area contributed by atoms with Gasteiger partial charge in [0.2, 0.25) is 5.95 Å². The van der Waals surface area contributed by atoms with Crippen molar-refractivity contribution in [1.82, 2.24) is 9.97 Å². The van der Waals surface area contributed by atoms with Crippen molar-refractivity contribution in [3.05, 3.63) is 28.6 Å². The molecule has 1 saturated heterocycles. The molecule has 2 aromatic rings. The standard InChI is InChI=1S/C13H16N4OS2/c14-8-1-2-11-10(5-8)12(18)17-13(16-11)15-6-9-7-19-3-4-20-9/h1-2,5,9H,3-4,6-7,14H2,(H2,15,16,17,18). The summed E-state index contributed by atoms with van der Waals surface area (Å²) in [5.41, 5.74) is 6.76. The first-order chi connectivity index (χ1) is 9.72. The Kier molecular flexibility index (Phi) is 4.07. The van der Waals surface area contributed by atoms with Gasteiger partial charge in [0.05, 0.1) is 10.9 Å². The number of H-pyrrole nitrogens is 1. The van der Waals surface area contributed by atoms with Crippen LogP contribution in [-0.4, -0.2) is 39.0 Å². The van der Waals surface area contributed by atoms with Gasteiger partial charge in [-0.05, 0) is 18.2 Å². The van der Waals surface area contributed by atoms with Crippen molar-refractivity contribution < 1.29 is 0 Å². The number of nitrogens with zero attached hydrogens (tertiary/aromatic N) is 1. The lowest BCUT2D eigenvalue weighted by Crippen LogP contribution is -2.25. The van der Waals surface area contributed by atoms with Gasteiger partial charge in [-0.1, -0.05) is 0 Å². The number of aromatic nitrogens is 2. The van der Waals surface area contributed by atoms with Crippen LogP contribution in [0.25, 0.3) is 10.9 Å². The summed E-state index contributed by atoms with van der Waals surface area (Å²) in [5.74, 6) is 4.10. The smallest absolute Gasteiger partial charge is 0.260 e. The first-order valence-electron chi connectivity index (χ1n) is 6.45. The number of anilines is 2. The molecule has 0 amide bonds. The Morgan fingerprint density at radius 2 is 2.35 bits per heavy atom. The molecule has 7 heteroatoms. The third kappa shape index (κ3) is 3.04. The Balaban J connectivity index is 1.78. The van der Waals surface area contributed by atoms with Crippen LogP contribution < -0.4 is 16.6 Å². The molecular formula is C13H16N4OS2. The van der Waals surface area contributed by atoms with E-state index in [1.165, 1.54) is 11.5 Å². The highest BCUT2D eigenvalue weighted by Crippen LogP contribution is 2.24. The number of aromatic amines is 1. The predicted molar refractivity (Wildman–Crippen MR) is 88.8 cm³/mol. The van der Waals surface area contributed by atoms with Crippen LogP contribution in [-0.2, 0) is 0 Å². The Morgan fingerprint density at radius 1 is 1.45 bits per heavy atom. The zero-order valence-corrected chi connectivity index (χ0v) is 12.5. The summed E-state index contributed by atoms with van der Waals surface area (Å²) >= 11 is 3.95. The second kappa shape index (κ2) is 5.97. The van der Waals surface area contributed by atoms with E-state index in [1.54, 1.807) is 18.2 Å². The molecule has 4 N–H and O–H groups in total. The van der Waals surface area contributed by atoms with Crippen molar-refractivity contribution in [3.63, 3.8) is 0 Å². The quantitative estimate of drug-likeness (QED) is 0.750. The molecule has 3 rings (SSSR count). The van der Waals surface area contributed by atoms with Gasteiger partial charge in [-0.25, -0.2) is 4.98 Å². The summed E-state index contributed by atoms with van der Waals surface area (Å²) in [5, 5.41) is 4.33. The van der Waals surface area contributed by atoms with Gasteiger partial charge < -0.3 is 11.1 Å². The molecular weight excluding hydrogens is 292 g/mol. The number of nitrogens with two attached hydrogens (primary N) is 1. The topological polar surface area (TPSA) is 83.8 Å². The van der Waals surface area contributed by atoms with Gasteiger partial charge in [0, 0.05) is 34.7 Å². The van der Waals surface area contributed by atoms with Crippen molar-refractivity contribution in [2.75, 3.05) is 34.9 Å². The molecule has 0 bridgehead atoms. The predicted octanol–water partition coefficient (Wildman–Crippen LogP) is 1.77. The highest BCUT2D eigenvalue weighted by molar-refractivity contribution is 8.06. The molecule has 1 fully saturated rings. The number of thioether (sulfide) groups is 2. The fourth-order valence-electron chi connectivity index (χ4n) is 2.10. The molecule has 2 heterocycles. The lowest BCUT2D eigenvalue weighted by atomic mass is 10.2. The molecule has 106 valence electrons. The van der Waals surface area contributed by atoms with E-state index in [9.17, 15) is 4.79 Å². The van der Waals surface area contributed by atoms with Crippen molar-refractivity contribution in [1.29, 1.82) is 0 Å². The molecule has 20 heavy (non-hydrogen) atoms. The monoisotopic (exact) mass is 308 g/mol. The summed E-state index contributed by atoms with van der Waals surface area (Å²) in [7, 11) is 0. The molecule has 5 nitrogen and oxygen atoms in total. The second-order valence-corrected chi connectivity index (χ2v) is 7.20. The van der Waals surface area contributed by atoms with Crippen molar-refractivity contribution >= 4 is 46.1 Å². The van der Waals surface area contributed by atoms with Gasteiger partial charge >= 0.3 is 0 Å². The molecule has 0 radical (unpaired) electrons. The molecule has 1 atom stereocenters. The Hall–Kier alpha value is -1.34. The molecule has 1 aliphatic rings. The lowest BCUT2D eigenvalue weighted by molar-refractivity contribution is 0.975. The minimum absolute atomic E-state index is 0.157. The fraction of sp³-hybridized carbons (Fsp3) is 0.385. The summed E-state index contributed by atoms with van der Waals surface area (Å²) in [4.78, 5) is 19.2. The molecule has 0 spiro atoms. The van der Waals surface area contributed by atoms with E-state index in [0.717, 1.165) is 12.3 Å². The van der Waals surface area contributed by atoms with E-state index >= 15 is 0 Å². The van der Waals surface area contributed by atoms with E-state index in [1.807, 2.05) is 23.5 Å². The number of rotatable bonds is 3. The number of nitrogen functional groups attached to an aromatic ring is 1. The molecule has 1 unspecified atom stereocenters. The van der Waals surface area contributed by atoms with Gasteiger partial charge in [-0.3, -0.25) is 9.78 Å². The molecule has 1 aromatic heterocycles. The van der Waals surface area contributed by atoms with Crippen LogP contribution in [0.15, 0.2) is 23.0 Å². The van der Waals surface area contributed by atoms with E-state index in [4.69, 9.17) is 5.73 Å². The van der Waals surface area contributed by atoms with Gasteiger partial charge in [0.15, 0.2) is 0 Å². The summed E-state index contributed by atoms with van der Waals surface area (Å²) in [6.45, 7) is 0.821. The van der Waals surface area contributed by atoms with E-state index in [2.05, 4.69) is 15.3 Å². The van der Waals surface area contributed by atoms with Gasteiger partial charge in [0.25, 0.3) is 5.56 Å². The molecule has 0 aliphatic carbocycles. The summed E-state index contributed by atoms with van der Waals surface area (Å²) in [6, 6.07) is 5.18. The SMILES string of the molecule is Nc1ccc2nc(NCC3CSCCS3)[nH]c(=O)c2c1. The molecule has 1 aliphatic heterocycles. The van der Waals surface area contributed by atoms with Crippen LogP contribution >= 0.6 is 23.5 Å². The van der Waals surface area contributed by atoms with E-state index in [-0.39, 0.29) is 5.56 Å². The number of nitrogens with one attached hydrogen (secondary N) is 2. The first kappa shape index (κ1) is 13.6. The summed E-state index contributed by atoms with van der Waals surface area (Å²) in [6.07, 6.45) is 0.